The van der Waals surface area contributed by atoms with E-state index in [-0.39, 0.29) is 5.91 Å². The highest BCUT2D eigenvalue weighted by molar-refractivity contribution is 5.79. The van der Waals surface area contributed by atoms with E-state index < -0.39 is 0 Å². The molecule has 3 nitrogen and oxygen atoms in total. The Morgan fingerprint density at radius 3 is 2.33 bits per heavy atom. The molecule has 2 aromatic rings. The van der Waals surface area contributed by atoms with Gasteiger partial charge in [0.1, 0.15) is 0 Å². The van der Waals surface area contributed by atoms with Crippen molar-refractivity contribution in [3.8, 4) is 0 Å². The molecular weight excluding hydrogens is 296 g/mol. The number of carbonyl (C=O) groups is 1. The molecule has 0 N–H and O–H groups in total. The molecule has 3 heteroatoms. The van der Waals surface area contributed by atoms with Crippen LogP contribution in [0.15, 0.2) is 60.7 Å². The lowest BCUT2D eigenvalue weighted by atomic mass is 10.1. The zero-order valence-corrected chi connectivity index (χ0v) is 14.2. The molecular formula is C21H24N2O. The maximum atomic E-state index is 12.4. The molecule has 0 atom stereocenters. The third kappa shape index (κ3) is 4.05. The van der Waals surface area contributed by atoms with Crippen LogP contribution >= 0.6 is 0 Å². The van der Waals surface area contributed by atoms with Gasteiger partial charge in [0.2, 0.25) is 5.91 Å². The summed E-state index contributed by atoms with van der Waals surface area (Å²) < 4.78 is 0. The van der Waals surface area contributed by atoms with Crippen molar-refractivity contribution < 1.29 is 4.79 Å². The molecule has 0 unspecified atom stereocenters. The summed E-state index contributed by atoms with van der Waals surface area (Å²) in [5.74, 6) is 0.214. The van der Waals surface area contributed by atoms with Gasteiger partial charge in [0, 0.05) is 38.3 Å². The van der Waals surface area contributed by atoms with Crippen LogP contribution in [-0.4, -0.2) is 37.0 Å². The maximum absolute atomic E-state index is 12.4. The second-order valence-electron chi connectivity index (χ2n) is 6.17. The molecule has 2 aromatic carbocycles. The molecule has 1 fully saturated rings. The van der Waals surface area contributed by atoms with Crippen molar-refractivity contribution in [2.75, 3.05) is 31.1 Å². The van der Waals surface area contributed by atoms with Gasteiger partial charge in [-0.25, -0.2) is 0 Å². The third-order valence-electron chi connectivity index (χ3n) is 4.49. The summed E-state index contributed by atoms with van der Waals surface area (Å²) in [7, 11) is 0. The average molecular weight is 320 g/mol. The molecule has 124 valence electrons. The first-order valence-corrected chi connectivity index (χ1v) is 8.54. The van der Waals surface area contributed by atoms with E-state index in [1.807, 2.05) is 47.4 Å². The Hall–Kier alpha value is -2.55. The maximum Gasteiger partial charge on any atom is 0.226 e. The summed E-state index contributed by atoms with van der Waals surface area (Å²) >= 11 is 0. The summed E-state index contributed by atoms with van der Waals surface area (Å²) in [5, 5.41) is 0. The van der Waals surface area contributed by atoms with E-state index in [4.69, 9.17) is 0 Å². The number of hydrogen-bond donors (Lipinski definition) is 0. The fourth-order valence-electron chi connectivity index (χ4n) is 3.10. The predicted molar refractivity (Wildman–Crippen MR) is 100 cm³/mol. The summed E-state index contributed by atoms with van der Waals surface area (Å²) in [5.41, 5.74) is 3.71. The molecule has 1 amide bonds. The highest BCUT2D eigenvalue weighted by Crippen LogP contribution is 2.21. The van der Waals surface area contributed by atoms with E-state index >= 15 is 0 Å². The van der Waals surface area contributed by atoms with Gasteiger partial charge in [-0.2, -0.15) is 0 Å². The van der Waals surface area contributed by atoms with Gasteiger partial charge < -0.3 is 9.80 Å². The van der Waals surface area contributed by atoms with E-state index in [2.05, 4.69) is 36.1 Å². The second kappa shape index (κ2) is 7.82. The Morgan fingerprint density at radius 1 is 0.958 bits per heavy atom. The van der Waals surface area contributed by atoms with E-state index in [0.29, 0.717) is 6.42 Å². The fourth-order valence-corrected chi connectivity index (χ4v) is 3.10. The Labute approximate surface area is 144 Å². The van der Waals surface area contributed by atoms with Crippen LogP contribution < -0.4 is 4.90 Å². The summed E-state index contributed by atoms with van der Waals surface area (Å²) in [6.45, 7) is 5.54. The largest absolute Gasteiger partial charge is 0.368 e. The van der Waals surface area contributed by atoms with Crippen molar-refractivity contribution in [2.24, 2.45) is 0 Å². The lowest BCUT2D eigenvalue weighted by Gasteiger charge is -2.36. The molecule has 0 aliphatic carbocycles. The first-order valence-electron chi connectivity index (χ1n) is 8.54. The molecule has 0 spiro atoms. The van der Waals surface area contributed by atoms with Crippen molar-refractivity contribution in [1.29, 1.82) is 0 Å². The first kappa shape index (κ1) is 16.3. The average Bonchev–Trinajstić information content (AvgIpc) is 2.63. The number of benzene rings is 2. The minimum absolute atomic E-state index is 0.214. The van der Waals surface area contributed by atoms with E-state index in [1.54, 1.807) is 0 Å². The number of para-hydroxylation sites is 1. The summed E-state index contributed by atoms with van der Waals surface area (Å²) in [4.78, 5) is 16.7. The van der Waals surface area contributed by atoms with Gasteiger partial charge in [0.05, 0.1) is 0 Å². The lowest BCUT2D eigenvalue weighted by Crippen LogP contribution is -2.48. The normalized spacial score (nSPS) is 15.0. The zero-order chi connectivity index (χ0) is 16.8. The number of nitrogens with zero attached hydrogens (tertiary/aromatic N) is 2. The second-order valence-corrected chi connectivity index (χ2v) is 6.17. The third-order valence-corrected chi connectivity index (χ3v) is 4.49. The Morgan fingerprint density at radius 2 is 1.62 bits per heavy atom. The van der Waals surface area contributed by atoms with Gasteiger partial charge in [0.15, 0.2) is 0 Å². The Kier molecular flexibility index (Phi) is 5.32. The monoisotopic (exact) mass is 320 g/mol. The zero-order valence-electron chi connectivity index (χ0n) is 14.2. The van der Waals surface area contributed by atoms with Crippen LogP contribution in [0.2, 0.25) is 0 Å². The van der Waals surface area contributed by atoms with Crippen LogP contribution in [-0.2, 0) is 4.79 Å². The van der Waals surface area contributed by atoms with Crippen molar-refractivity contribution in [1.82, 2.24) is 4.90 Å². The molecule has 0 bridgehead atoms. The quantitative estimate of drug-likeness (QED) is 0.856. The van der Waals surface area contributed by atoms with Crippen LogP contribution in [0, 0.1) is 6.92 Å². The number of carbonyl (C=O) groups excluding carboxylic acids is 1. The van der Waals surface area contributed by atoms with Crippen LogP contribution in [0.25, 0.3) is 6.08 Å². The molecule has 0 radical (unpaired) electrons. The lowest BCUT2D eigenvalue weighted by molar-refractivity contribution is -0.130. The number of piperazine rings is 1. The highest BCUT2D eigenvalue weighted by atomic mass is 16.2. The SMILES string of the molecule is Cc1ccccc1N1CCN(C(=O)C/C=C/c2ccccc2)CC1. The summed E-state index contributed by atoms with van der Waals surface area (Å²) in [6, 6.07) is 18.5. The molecule has 0 saturated carbocycles. The van der Waals surface area contributed by atoms with E-state index in [0.717, 1.165) is 31.7 Å². The van der Waals surface area contributed by atoms with Crippen LogP contribution in [0.5, 0.6) is 0 Å². The number of hydrogen-bond acceptors (Lipinski definition) is 2. The van der Waals surface area contributed by atoms with Crippen molar-refractivity contribution in [3.63, 3.8) is 0 Å². The van der Waals surface area contributed by atoms with Gasteiger partial charge in [-0.1, -0.05) is 60.7 Å². The van der Waals surface area contributed by atoms with Gasteiger partial charge >= 0.3 is 0 Å². The molecule has 1 saturated heterocycles. The van der Waals surface area contributed by atoms with Crippen molar-refractivity contribution in [2.45, 2.75) is 13.3 Å². The predicted octanol–water partition coefficient (Wildman–Crippen LogP) is 3.75. The first-order chi connectivity index (χ1) is 11.7. The Balaban J connectivity index is 1.50. The molecule has 3 rings (SSSR count). The van der Waals surface area contributed by atoms with Crippen LogP contribution in [0.1, 0.15) is 17.5 Å². The smallest absolute Gasteiger partial charge is 0.226 e. The van der Waals surface area contributed by atoms with Gasteiger partial charge in [-0.05, 0) is 24.1 Å². The number of rotatable bonds is 4. The van der Waals surface area contributed by atoms with Crippen LogP contribution in [0.3, 0.4) is 0 Å². The molecule has 0 aromatic heterocycles. The summed E-state index contributed by atoms with van der Waals surface area (Å²) in [6.07, 6.45) is 4.45. The molecule has 24 heavy (non-hydrogen) atoms. The highest BCUT2D eigenvalue weighted by Gasteiger charge is 2.20. The Bertz CT molecular complexity index is 701. The van der Waals surface area contributed by atoms with Crippen LogP contribution in [0.4, 0.5) is 5.69 Å². The standard InChI is InChI=1S/C21H24N2O/c1-18-8-5-6-12-20(18)22-14-16-23(17-15-22)21(24)13-7-11-19-9-3-2-4-10-19/h2-12H,13-17H2,1H3/b11-7+. The molecule has 1 aliphatic rings. The van der Waals surface area contributed by atoms with Crippen molar-refractivity contribution >= 4 is 17.7 Å². The van der Waals surface area contributed by atoms with Crippen molar-refractivity contribution in [3.05, 3.63) is 71.8 Å². The number of anilines is 1. The number of aryl methyl sites for hydroxylation is 1. The fraction of sp³-hybridized carbons (Fsp3) is 0.286. The van der Waals surface area contributed by atoms with E-state index in [1.165, 1.54) is 11.3 Å². The minimum atomic E-state index is 0.214. The van der Waals surface area contributed by atoms with Gasteiger partial charge in [-0.3, -0.25) is 4.79 Å². The van der Waals surface area contributed by atoms with Gasteiger partial charge in [-0.15, -0.1) is 0 Å². The molecule has 1 aliphatic heterocycles. The van der Waals surface area contributed by atoms with Gasteiger partial charge in [0.25, 0.3) is 0 Å². The van der Waals surface area contributed by atoms with E-state index in [9.17, 15) is 4.79 Å². The minimum Gasteiger partial charge on any atom is -0.368 e. The number of amides is 1. The molecule has 1 heterocycles. The topological polar surface area (TPSA) is 23.6 Å².